The van der Waals surface area contributed by atoms with Gasteiger partial charge in [0.1, 0.15) is 0 Å². The van der Waals surface area contributed by atoms with Crippen LogP contribution in [0.4, 0.5) is 18.9 Å². The van der Waals surface area contributed by atoms with Crippen LogP contribution in [0, 0.1) is 0 Å². The highest BCUT2D eigenvalue weighted by Gasteiger charge is 2.51. The van der Waals surface area contributed by atoms with E-state index in [2.05, 4.69) is 17.9 Å². The Morgan fingerprint density at radius 3 is 2.39 bits per heavy atom. The minimum Gasteiger partial charge on any atom is -0.376 e. The van der Waals surface area contributed by atoms with Crippen LogP contribution < -0.4 is 10.2 Å². The number of alkyl halides is 3. The van der Waals surface area contributed by atoms with E-state index in [-0.39, 0.29) is 48.6 Å². The Hall–Kier alpha value is -2.32. The number of anilines is 1. The predicted octanol–water partition coefficient (Wildman–Crippen LogP) is 2.44. The van der Waals surface area contributed by atoms with Crippen molar-refractivity contribution in [2.45, 2.75) is 47.5 Å². The number of piperazine rings is 2. The van der Waals surface area contributed by atoms with Crippen LogP contribution in [0.5, 0.6) is 0 Å². The van der Waals surface area contributed by atoms with Crippen molar-refractivity contribution in [3.05, 3.63) is 54.1 Å². The van der Waals surface area contributed by atoms with Gasteiger partial charge in [-0.05, 0) is 43.7 Å². The zero-order valence-corrected chi connectivity index (χ0v) is 22.7. The highest BCUT2D eigenvalue weighted by molar-refractivity contribution is 7.90. The van der Waals surface area contributed by atoms with Crippen LogP contribution in [0.15, 0.2) is 58.3 Å². The van der Waals surface area contributed by atoms with Gasteiger partial charge in [-0.1, -0.05) is 24.3 Å². The van der Waals surface area contributed by atoms with Crippen molar-refractivity contribution >= 4 is 34.2 Å². The predicted molar refractivity (Wildman–Crippen MR) is 140 cm³/mol. The first kappa shape index (κ1) is 28.7. The molecule has 2 saturated heterocycles. The first-order chi connectivity index (χ1) is 17.7. The lowest BCUT2D eigenvalue weighted by Gasteiger charge is -2.45. The van der Waals surface area contributed by atoms with Crippen LogP contribution in [0.1, 0.15) is 19.4 Å². The fraction of sp³-hybridized carbons (Fsp3) is 0.480. The lowest BCUT2D eigenvalue weighted by Crippen LogP contribution is -2.62. The van der Waals surface area contributed by atoms with Crippen LogP contribution >= 0.6 is 12.6 Å². The molecule has 2 N–H and O–H groups in total. The monoisotopic (exact) mass is 572 g/mol. The molecule has 8 nitrogen and oxygen atoms in total. The largest absolute Gasteiger partial charge is 0.421 e. The number of halogens is 3. The van der Waals surface area contributed by atoms with Crippen molar-refractivity contribution in [2.24, 2.45) is 0 Å². The number of carbonyl (C=O) groups excluding carboxylic acids is 1. The molecular formula is C25H31F3N4O4S2. The maximum Gasteiger partial charge on any atom is 0.421 e. The van der Waals surface area contributed by atoms with Gasteiger partial charge in [-0.25, -0.2) is 8.42 Å². The average Bonchev–Trinajstić information content (AvgIpc) is 2.86. The highest BCUT2D eigenvalue weighted by Crippen LogP contribution is 2.39. The molecule has 2 fully saturated rings. The topological polar surface area (TPSA) is 93.2 Å². The van der Waals surface area contributed by atoms with E-state index in [1.807, 2.05) is 16.7 Å². The quantitative estimate of drug-likeness (QED) is 0.461. The van der Waals surface area contributed by atoms with E-state index in [1.54, 1.807) is 18.2 Å². The summed E-state index contributed by atoms with van der Waals surface area (Å²) in [6.07, 6.45) is -4.84. The van der Waals surface area contributed by atoms with Gasteiger partial charge >= 0.3 is 6.18 Å². The summed E-state index contributed by atoms with van der Waals surface area (Å²) in [4.78, 5) is 16.4. The number of nitrogens with zero attached hydrogens (tertiary/aromatic N) is 3. The molecule has 0 radical (unpaired) electrons. The van der Waals surface area contributed by atoms with Crippen LogP contribution in [0.2, 0.25) is 0 Å². The second-order valence-electron chi connectivity index (χ2n) is 9.88. The molecule has 0 saturated carbocycles. The standard InChI is InChI=1S/C25H31F3N4O4S2/c1-17-13-29-23(33)16-30(17)14-20-15-31(38(35,36)22-6-4-3-5-21(22)37)11-12-32(20)19-9-7-18(8-10-19)24(2,34)25(26,27)28/h3-10,17,20,34,37H,11-16H2,1-2H3,(H,29,33)/t17?,20-,24?/m0/s1. The van der Waals surface area contributed by atoms with E-state index in [1.165, 1.54) is 34.6 Å². The number of hydrogen-bond donors (Lipinski definition) is 3. The second kappa shape index (κ2) is 10.7. The number of amides is 1. The number of nitrogens with one attached hydrogen (secondary N) is 1. The first-order valence-corrected chi connectivity index (χ1v) is 14.1. The Balaban J connectivity index is 1.64. The number of benzene rings is 2. The summed E-state index contributed by atoms with van der Waals surface area (Å²) in [5.41, 5.74) is -2.70. The Morgan fingerprint density at radius 1 is 1.11 bits per heavy atom. The summed E-state index contributed by atoms with van der Waals surface area (Å²) >= 11 is 4.32. The molecule has 2 aromatic rings. The van der Waals surface area contributed by atoms with Crippen molar-refractivity contribution < 1.29 is 31.5 Å². The summed E-state index contributed by atoms with van der Waals surface area (Å²) in [5, 5.41) is 12.8. The van der Waals surface area contributed by atoms with E-state index in [9.17, 15) is 31.5 Å². The molecule has 2 aliphatic heterocycles. The molecule has 0 bridgehead atoms. The van der Waals surface area contributed by atoms with Gasteiger partial charge in [0.15, 0.2) is 5.60 Å². The smallest absolute Gasteiger partial charge is 0.376 e. The summed E-state index contributed by atoms with van der Waals surface area (Å²) in [5.74, 6) is -0.127. The summed E-state index contributed by atoms with van der Waals surface area (Å²) in [6, 6.07) is 11.5. The van der Waals surface area contributed by atoms with Gasteiger partial charge in [0.25, 0.3) is 0 Å². The molecule has 2 aromatic carbocycles. The number of thiol groups is 1. The molecule has 2 aliphatic rings. The number of rotatable bonds is 6. The number of carbonyl (C=O) groups is 1. The van der Waals surface area contributed by atoms with E-state index >= 15 is 0 Å². The second-order valence-corrected chi connectivity index (χ2v) is 12.3. The lowest BCUT2D eigenvalue weighted by atomic mass is 9.95. The molecule has 2 heterocycles. The Kier molecular flexibility index (Phi) is 8.06. The molecule has 38 heavy (non-hydrogen) atoms. The first-order valence-electron chi connectivity index (χ1n) is 12.2. The molecule has 0 aromatic heterocycles. The zero-order chi connectivity index (χ0) is 27.9. The third kappa shape index (κ3) is 5.67. The summed E-state index contributed by atoms with van der Waals surface area (Å²) in [7, 11) is -3.86. The van der Waals surface area contributed by atoms with Gasteiger partial charge in [-0.3, -0.25) is 9.69 Å². The molecular weight excluding hydrogens is 541 g/mol. The average molecular weight is 573 g/mol. The molecule has 1 amide bonds. The minimum atomic E-state index is -4.84. The Labute approximate surface area is 225 Å². The van der Waals surface area contributed by atoms with Crippen molar-refractivity contribution in [3.8, 4) is 0 Å². The van der Waals surface area contributed by atoms with E-state index in [4.69, 9.17) is 0 Å². The van der Waals surface area contributed by atoms with E-state index in [0.717, 1.165) is 0 Å². The van der Waals surface area contributed by atoms with Gasteiger partial charge in [-0.15, -0.1) is 12.6 Å². The van der Waals surface area contributed by atoms with Crippen molar-refractivity contribution in [1.82, 2.24) is 14.5 Å². The normalized spacial score (nSPS) is 23.7. The zero-order valence-electron chi connectivity index (χ0n) is 21.0. The fourth-order valence-corrected chi connectivity index (χ4v) is 6.86. The maximum absolute atomic E-state index is 13.5. The van der Waals surface area contributed by atoms with Gasteiger partial charge in [0.05, 0.1) is 17.5 Å². The summed E-state index contributed by atoms with van der Waals surface area (Å²) in [6.45, 7) is 4.19. The molecule has 208 valence electrons. The Bertz CT molecular complexity index is 1270. The van der Waals surface area contributed by atoms with Crippen molar-refractivity contribution in [1.29, 1.82) is 0 Å². The fourth-order valence-electron chi connectivity index (χ4n) is 4.80. The summed E-state index contributed by atoms with van der Waals surface area (Å²) < 4.78 is 68.4. The van der Waals surface area contributed by atoms with Crippen LogP contribution in [0.25, 0.3) is 0 Å². The van der Waals surface area contributed by atoms with Crippen LogP contribution in [-0.2, 0) is 20.4 Å². The van der Waals surface area contributed by atoms with Crippen LogP contribution in [-0.4, -0.2) is 86.2 Å². The molecule has 0 aliphatic carbocycles. The third-order valence-electron chi connectivity index (χ3n) is 7.25. The third-order valence-corrected chi connectivity index (χ3v) is 9.72. The van der Waals surface area contributed by atoms with E-state index < -0.39 is 27.8 Å². The molecule has 0 spiro atoms. The molecule has 4 rings (SSSR count). The SMILES string of the molecule is CC1CNC(=O)CN1C[C@H]1CN(S(=O)(=O)c2ccccc2S)CCN1c1ccc(C(C)(O)C(F)(F)F)cc1. The number of sulfonamides is 1. The van der Waals surface area contributed by atoms with Crippen LogP contribution in [0.3, 0.4) is 0 Å². The van der Waals surface area contributed by atoms with Crippen molar-refractivity contribution in [2.75, 3.05) is 44.2 Å². The molecule has 2 unspecified atom stereocenters. The van der Waals surface area contributed by atoms with Crippen molar-refractivity contribution in [3.63, 3.8) is 0 Å². The number of aliphatic hydroxyl groups is 1. The number of hydrogen-bond acceptors (Lipinski definition) is 7. The van der Waals surface area contributed by atoms with Gasteiger partial charge in [0.2, 0.25) is 15.9 Å². The molecule has 13 heteroatoms. The van der Waals surface area contributed by atoms with Gasteiger partial charge in [-0.2, -0.15) is 17.5 Å². The Morgan fingerprint density at radius 2 is 1.76 bits per heavy atom. The lowest BCUT2D eigenvalue weighted by molar-refractivity contribution is -0.258. The van der Waals surface area contributed by atoms with Gasteiger partial charge in [0, 0.05) is 49.3 Å². The maximum atomic E-state index is 13.5. The van der Waals surface area contributed by atoms with Gasteiger partial charge < -0.3 is 15.3 Å². The van der Waals surface area contributed by atoms with E-state index in [0.29, 0.717) is 30.6 Å². The minimum absolute atomic E-state index is 0.0176. The molecule has 3 atom stereocenters. The highest BCUT2D eigenvalue weighted by atomic mass is 32.2.